The molecule has 0 aliphatic carbocycles. The van der Waals surface area contributed by atoms with Gasteiger partial charge in [0, 0.05) is 24.5 Å². The van der Waals surface area contributed by atoms with Crippen LogP contribution in [0, 0.1) is 0 Å². The van der Waals surface area contributed by atoms with Crippen molar-refractivity contribution in [1.82, 2.24) is 14.5 Å². The number of hydrogen-bond acceptors (Lipinski definition) is 2. The summed E-state index contributed by atoms with van der Waals surface area (Å²) in [6.45, 7) is 4.36. The van der Waals surface area contributed by atoms with Crippen LogP contribution in [0.3, 0.4) is 0 Å². The molecule has 0 atom stereocenters. The van der Waals surface area contributed by atoms with Crippen molar-refractivity contribution in [2.75, 3.05) is 5.88 Å². The third-order valence-corrected chi connectivity index (χ3v) is 3.59. The van der Waals surface area contributed by atoms with Crippen molar-refractivity contribution >= 4 is 34.4 Å². The number of nitrogens with zero attached hydrogens (tertiary/aromatic N) is 3. The van der Waals surface area contributed by atoms with Crippen LogP contribution in [0.15, 0.2) is 12.3 Å². The van der Waals surface area contributed by atoms with E-state index in [0.29, 0.717) is 16.9 Å². The molecule has 0 aliphatic rings. The van der Waals surface area contributed by atoms with E-state index in [1.54, 1.807) is 6.20 Å². The molecule has 0 aromatic carbocycles. The fourth-order valence-corrected chi connectivity index (χ4v) is 2.62. The minimum absolute atomic E-state index is 0.418. The van der Waals surface area contributed by atoms with Gasteiger partial charge in [0.05, 0.1) is 5.02 Å². The van der Waals surface area contributed by atoms with Crippen molar-refractivity contribution in [2.45, 2.75) is 39.2 Å². The minimum Gasteiger partial charge on any atom is -0.310 e. The lowest BCUT2D eigenvalue weighted by Crippen LogP contribution is -2.12. The van der Waals surface area contributed by atoms with Gasteiger partial charge in [0.15, 0.2) is 5.65 Å². The predicted octanol–water partition coefficient (Wildman–Crippen LogP) is 4.23. The number of pyridine rings is 1. The Morgan fingerprint density at radius 3 is 2.67 bits per heavy atom. The highest BCUT2D eigenvalue weighted by Crippen LogP contribution is 2.26. The zero-order valence-corrected chi connectivity index (χ0v) is 12.2. The molecule has 0 aliphatic heterocycles. The van der Waals surface area contributed by atoms with Crippen LogP contribution in [0.25, 0.3) is 11.2 Å². The molecular formula is C13H17Cl2N3. The van der Waals surface area contributed by atoms with E-state index in [9.17, 15) is 0 Å². The van der Waals surface area contributed by atoms with Crippen molar-refractivity contribution in [3.63, 3.8) is 0 Å². The Balaban J connectivity index is 2.61. The van der Waals surface area contributed by atoms with Gasteiger partial charge in [0.1, 0.15) is 11.3 Å². The van der Waals surface area contributed by atoms with Crippen LogP contribution in [0.4, 0.5) is 0 Å². The lowest BCUT2D eigenvalue weighted by Gasteiger charge is -2.17. The number of rotatable bonds is 5. The highest BCUT2D eigenvalue weighted by Gasteiger charge is 2.17. The molecular weight excluding hydrogens is 269 g/mol. The minimum atomic E-state index is 0.418. The smallest absolute Gasteiger partial charge is 0.160 e. The molecule has 0 amide bonds. The van der Waals surface area contributed by atoms with E-state index in [0.717, 1.165) is 36.3 Å². The highest BCUT2D eigenvalue weighted by molar-refractivity contribution is 6.31. The summed E-state index contributed by atoms with van der Waals surface area (Å²) >= 11 is 11.8. The first-order valence-electron chi connectivity index (χ1n) is 6.29. The molecule has 0 N–H and O–H groups in total. The summed E-state index contributed by atoms with van der Waals surface area (Å²) in [5.74, 6) is 1.57. The first-order chi connectivity index (χ1) is 8.71. The van der Waals surface area contributed by atoms with Crippen LogP contribution in [-0.4, -0.2) is 20.4 Å². The van der Waals surface area contributed by atoms with E-state index in [2.05, 4.69) is 28.4 Å². The second-order valence-electron chi connectivity index (χ2n) is 4.30. The Morgan fingerprint density at radius 1 is 1.33 bits per heavy atom. The van der Waals surface area contributed by atoms with Crippen molar-refractivity contribution in [3.05, 3.63) is 23.1 Å². The maximum absolute atomic E-state index is 5.97. The van der Waals surface area contributed by atoms with Gasteiger partial charge in [-0.2, -0.15) is 0 Å². The van der Waals surface area contributed by atoms with Gasteiger partial charge in [-0.25, -0.2) is 9.97 Å². The molecule has 2 aromatic heterocycles. The van der Waals surface area contributed by atoms with Gasteiger partial charge >= 0.3 is 0 Å². The number of aromatic nitrogens is 3. The molecule has 0 fully saturated rings. The molecule has 5 heteroatoms. The van der Waals surface area contributed by atoms with Gasteiger partial charge in [0.2, 0.25) is 0 Å². The Kier molecular flexibility index (Phi) is 4.46. The summed E-state index contributed by atoms with van der Waals surface area (Å²) in [5.41, 5.74) is 1.77. The average molecular weight is 286 g/mol. The maximum atomic E-state index is 5.97. The number of halogens is 2. The summed E-state index contributed by atoms with van der Waals surface area (Å²) in [6.07, 6.45) is 4.55. The zero-order valence-electron chi connectivity index (χ0n) is 10.7. The molecule has 0 saturated carbocycles. The van der Waals surface area contributed by atoms with Crippen LogP contribution < -0.4 is 0 Å². The van der Waals surface area contributed by atoms with E-state index < -0.39 is 0 Å². The summed E-state index contributed by atoms with van der Waals surface area (Å²) in [5, 5.41) is 0.620. The maximum Gasteiger partial charge on any atom is 0.160 e. The quantitative estimate of drug-likeness (QED) is 0.770. The Bertz CT molecular complexity index is 532. The molecule has 2 heterocycles. The summed E-state index contributed by atoms with van der Waals surface area (Å²) < 4.78 is 2.22. The standard InChI is InChI=1S/C13H17Cl2N3/c1-3-10(4-2)18-12(5-6-14)17-11-7-9(15)8-16-13(11)18/h7-8,10H,3-6H2,1-2H3. The predicted molar refractivity (Wildman–Crippen MR) is 76.6 cm³/mol. The molecule has 2 rings (SSSR count). The molecule has 98 valence electrons. The van der Waals surface area contributed by atoms with E-state index in [1.807, 2.05) is 6.07 Å². The molecule has 3 nitrogen and oxygen atoms in total. The van der Waals surface area contributed by atoms with E-state index >= 15 is 0 Å². The summed E-state index contributed by atoms with van der Waals surface area (Å²) in [7, 11) is 0. The Morgan fingerprint density at radius 2 is 2.06 bits per heavy atom. The summed E-state index contributed by atoms with van der Waals surface area (Å²) in [4.78, 5) is 9.04. The fourth-order valence-electron chi connectivity index (χ4n) is 2.30. The normalized spacial score (nSPS) is 11.6. The van der Waals surface area contributed by atoms with Gasteiger partial charge in [0.25, 0.3) is 0 Å². The van der Waals surface area contributed by atoms with Crippen LogP contribution in [0.1, 0.15) is 38.6 Å². The monoisotopic (exact) mass is 285 g/mol. The first-order valence-corrected chi connectivity index (χ1v) is 7.20. The number of fused-ring (bicyclic) bond motifs is 1. The number of imidazole rings is 1. The van der Waals surface area contributed by atoms with Gasteiger partial charge in [-0.15, -0.1) is 11.6 Å². The van der Waals surface area contributed by atoms with Gasteiger partial charge in [-0.05, 0) is 18.9 Å². The van der Waals surface area contributed by atoms with Crippen LogP contribution in [0.5, 0.6) is 0 Å². The fraction of sp³-hybridized carbons (Fsp3) is 0.538. The molecule has 0 unspecified atom stereocenters. The van der Waals surface area contributed by atoms with E-state index in [4.69, 9.17) is 23.2 Å². The highest BCUT2D eigenvalue weighted by atomic mass is 35.5. The number of hydrogen-bond donors (Lipinski definition) is 0. The SMILES string of the molecule is CCC(CC)n1c(CCCl)nc2cc(Cl)cnc21. The van der Waals surface area contributed by atoms with Crippen molar-refractivity contribution in [2.24, 2.45) is 0 Å². The Hall–Kier alpha value is -0.800. The third-order valence-electron chi connectivity index (χ3n) is 3.20. The molecule has 0 bridgehead atoms. The molecule has 0 spiro atoms. The topological polar surface area (TPSA) is 30.7 Å². The average Bonchev–Trinajstić information content (AvgIpc) is 2.69. The van der Waals surface area contributed by atoms with Crippen molar-refractivity contribution < 1.29 is 0 Å². The number of aryl methyl sites for hydroxylation is 1. The third kappa shape index (κ3) is 2.47. The van der Waals surface area contributed by atoms with E-state index in [-0.39, 0.29) is 0 Å². The molecule has 0 saturated heterocycles. The van der Waals surface area contributed by atoms with E-state index in [1.165, 1.54) is 0 Å². The lowest BCUT2D eigenvalue weighted by molar-refractivity contribution is 0.466. The van der Waals surface area contributed by atoms with Crippen LogP contribution >= 0.6 is 23.2 Å². The second kappa shape index (κ2) is 5.89. The first kappa shape index (κ1) is 13.6. The lowest BCUT2D eigenvalue weighted by atomic mass is 10.1. The van der Waals surface area contributed by atoms with Crippen LogP contribution in [-0.2, 0) is 6.42 Å². The summed E-state index contributed by atoms with van der Waals surface area (Å²) in [6, 6.07) is 2.28. The molecule has 0 radical (unpaired) electrons. The van der Waals surface area contributed by atoms with Gasteiger partial charge in [-0.1, -0.05) is 25.4 Å². The van der Waals surface area contributed by atoms with Gasteiger partial charge < -0.3 is 4.57 Å². The largest absolute Gasteiger partial charge is 0.310 e. The van der Waals surface area contributed by atoms with Crippen LogP contribution in [0.2, 0.25) is 5.02 Å². The second-order valence-corrected chi connectivity index (χ2v) is 5.12. The Labute approximate surface area is 117 Å². The van der Waals surface area contributed by atoms with Crippen molar-refractivity contribution in [3.8, 4) is 0 Å². The number of alkyl halides is 1. The molecule has 18 heavy (non-hydrogen) atoms. The zero-order chi connectivity index (χ0) is 13.1. The van der Waals surface area contributed by atoms with Gasteiger partial charge in [-0.3, -0.25) is 0 Å². The van der Waals surface area contributed by atoms with Crippen molar-refractivity contribution in [1.29, 1.82) is 0 Å². The molecule has 2 aromatic rings.